The maximum absolute atomic E-state index is 12.8. The number of likely N-dealkylation sites (tertiary alicyclic amines) is 1. The number of nitrogens with one attached hydrogen (secondary N) is 1. The predicted octanol–water partition coefficient (Wildman–Crippen LogP) is 4.20. The SMILES string of the molecule is COc1ccc(Cl)cc1C(=O)N1CCC(C(=O)Nc2cc(Cl)ccc2O)CC1. The van der Waals surface area contributed by atoms with Crippen LogP contribution in [0.5, 0.6) is 11.5 Å². The van der Waals surface area contributed by atoms with E-state index in [-0.39, 0.29) is 29.2 Å². The summed E-state index contributed by atoms with van der Waals surface area (Å²) in [5.74, 6) is -0.219. The van der Waals surface area contributed by atoms with E-state index in [1.807, 2.05) is 0 Å². The number of aromatic hydroxyl groups is 1. The smallest absolute Gasteiger partial charge is 0.257 e. The predicted molar refractivity (Wildman–Crippen MR) is 108 cm³/mol. The van der Waals surface area contributed by atoms with Crippen LogP contribution in [0.25, 0.3) is 0 Å². The molecule has 2 amide bonds. The molecule has 0 saturated carbocycles. The number of carbonyl (C=O) groups is 2. The first-order chi connectivity index (χ1) is 13.4. The number of ether oxygens (including phenoxy) is 1. The lowest BCUT2D eigenvalue weighted by atomic mass is 9.95. The minimum Gasteiger partial charge on any atom is -0.506 e. The van der Waals surface area contributed by atoms with Crippen molar-refractivity contribution in [3.05, 3.63) is 52.0 Å². The molecule has 0 aliphatic carbocycles. The van der Waals surface area contributed by atoms with Crippen LogP contribution in [0.1, 0.15) is 23.2 Å². The lowest BCUT2D eigenvalue weighted by Gasteiger charge is -2.31. The van der Waals surface area contributed by atoms with Gasteiger partial charge in [-0.05, 0) is 49.2 Å². The number of rotatable bonds is 4. The molecule has 8 heteroatoms. The number of phenols is 1. The molecule has 0 spiro atoms. The van der Waals surface area contributed by atoms with Gasteiger partial charge in [0.2, 0.25) is 5.91 Å². The van der Waals surface area contributed by atoms with Crippen molar-refractivity contribution >= 4 is 40.7 Å². The van der Waals surface area contributed by atoms with Crippen LogP contribution in [0.4, 0.5) is 5.69 Å². The highest BCUT2D eigenvalue weighted by Gasteiger charge is 2.29. The molecule has 28 heavy (non-hydrogen) atoms. The van der Waals surface area contributed by atoms with Crippen molar-refractivity contribution in [1.29, 1.82) is 0 Å². The van der Waals surface area contributed by atoms with Gasteiger partial charge >= 0.3 is 0 Å². The Morgan fingerprint density at radius 2 is 1.75 bits per heavy atom. The van der Waals surface area contributed by atoms with E-state index in [9.17, 15) is 14.7 Å². The van der Waals surface area contributed by atoms with Gasteiger partial charge in [0, 0.05) is 29.1 Å². The summed E-state index contributed by atoms with van der Waals surface area (Å²) in [6.07, 6.45) is 1.03. The third-order valence-electron chi connectivity index (χ3n) is 4.76. The molecule has 2 aromatic carbocycles. The van der Waals surface area contributed by atoms with Gasteiger partial charge in [0.15, 0.2) is 0 Å². The van der Waals surface area contributed by atoms with Gasteiger partial charge in [-0.2, -0.15) is 0 Å². The third kappa shape index (κ3) is 4.51. The molecule has 3 rings (SSSR count). The number of phenolic OH excluding ortho intramolecular Hbond substituents is 1. The summed E-state index contributed by atoms with van der Waals surface area (Å²) in [7, 11) is 1.50. The number of halogens is 2. The maximum atomic E-state index is 12.8. The average molecular weight is 423 g/mol. The van der Waals surface area contributed by atoms with Crippen LogP contribution in [-0.4, -0.2) is 42.0 Å². The number of nitrogens with zero attached hydrogens (tertiary/aromatic N) is 1. The van der Waals surface area contributed by atoms with E-state index < -0.39 is 0 Å². The molecule has 1 saturated heterocycles. The molecular weight excluding hydrogens is 403 g/mol. The first-order valence-electron chi connectivity index (χ1n) is 8.81. The Kier molecular flexibility index (Phi) is 6.31. The normalized spacial score (nSPS) is 14.6. The van der Waals surface area contributed by atoms with Gasteiger partial charge in [0.05, 0.1) is 18.4 Å². The zero-order chi connectivity index (χ0) is 20.3. The number of piperidine rings is 1. The van der Waals surface area contributed by atoms with E-state index in [4.69, 9.17) is 27.9 Å². The van der Waals surface area contributed by atoms with Crippen molar-refractivity contribution in [1.82, 2.24) is 4.90 Å². The molecule has 0 bridgehead atoms. The van der Waals surface area contributed by atoms with E-state index in [1.54, 1.807) is 29.2 Å². The quantitative estimate of drug-likeness (QED) is 0.723. The van der Waals surface area contributed by atoms with E-state index in [0.29, 0.717) is 47.3 Å². The number of benzene rings is 2. The minimum atomic E-state index is -0.260. The molecule has 6 nitrogen and oxygen atoms in total. The van der Waals surface area contributed by atoms with Crippen molar-refractivity contribution < 1.29 is 19.4 Å². The molecule has 0 aromatic heterocycles. The zero-order valence-electron chi connectivity index (χ0n) is 15.2. The second-order valence-corrected chi connectivity index (χ2v) is 7.43. The van der Waals surface area contributed by atoms with Crippen LogP contribution < -0.4 is 10.1 Å². The van der Waals surface area contributed by atoms with E-state index >= 15 is 0 Å². The molecule has 1 aliphatic heterocycles. The topological polar surface area (TPSA) is 78.9 Å². The Morgan fingerprint density at radius 1 is 1.11 bits per heavy atom. The van der Waals surface area contributed by atoms with Gasteiger partial charge in [-0.1, -0.05) is 23.2 Å². The molecule has 0 radical (unpaired) electrons. The van der Waals surface area contributed by atoms with Crippen molar-refractivity contribution in [2.24, 2.45) is 5.92 Å². The largest absolute Gasteiger partial charge is 0.506 e. The monoisotopic (exact) mass is 422 g/mol. The van der Waals surface area contributed by atoms with Crippen molar-refractivity contribution in [2.75, 3.05) is 25.5 Å². The highest BCUT2D eigenvalue weighted by atomic mass is 35.5. The second kappa shape index (κ2) is 8.71. The fourth-order valence-corrected chi connectivity index (χ4v) is 3.55. The molecule has 1 heterocycles. The highest BCUT2D eigenvalue weighted by Crippen LogP contribution is 2.29. The van der Waals surface area contributed by atoms with Crippen LogP contribution in [0.3, 0.4) is 0 Å². The second-order valence-electron chi connectivity index (χ2n) is 6.56. The summed E-state index contributed by atoms with van der Waals surface area (Å²) in [4.78, 5) is 27.0. The van der Waals surface area contributed by atoms with Gasteiger partial charge in [-0.15, -0.1) is 0 Å². The molecule has 1 aliphatic rings. The van der Waals surface area contributed by atoms with E-state index in [0.717, 1.165) is 0 Å². The summed E-state index contributed by atoms with van der Waals surface area (Å²) >= 11 is 11.9. The Balaban J connectivity index is 1.62. The summed E-state index contributed by atoms with van der Waals surface area (Å²) in [5, 5.41) is 13.4. The third-order valence-corrected chi connectivity index (χ3v) is 5.23. The summed E-state index contributed by atoms with van der Waals surface area (Å²) in [6.45, 7) is 0.877. The van der Waals surface area contributed by atoms with Crippen LogP contribution in [0.2, 0.25) is 10.0 Å². The molecule has 2 aromatic rings. The Morgan fingerprint density at radius 3 is 2.43 bits per heavy atom. The van der Waals surface area contributed by atoms with Gasteiger partial charge in [0.25, 0.3) is 5.91 Å². The number of hydrogen-bond donors (Lipinski definition) is 2. The Labute approximate surface area is 173 Å². The lowest BCUT2D eigenvalue weighted by molar-refractivity contribution is -0.121. The van der Waals surface area contributed by atoms with Crippen molar-refractivity contribution in [3.8, 4) is 11.5 Å². The maximum Gasteiger partial charge on any atom is 0.257 e. The van der Waals surface area contributed by atoms with Crippen LogP contribution in [0, 0.1) is 5.92 Å². The standard InChI is InChI=1S/C20H20Cl2N2O4/c1-28-18-5-3-13(21)10-15(18)20(27)24-8-6-12(7-9-24)19(26)23-16-11-14(22)2-4-17(16)25/h2-5,10-12,25H,6-9H2,1H3,(H,23,26). The van der Waals surface area contributed by atoms with Gasteiger partial charge < -0.3 is 20.1 Å². The molecule has 1 fully saturated rings. The fraction of sp³-hybridized carbons (Fsp3) is 0.300. The van der Waals surface area contributed by atoms with Crippen molar-refractivity contribution in [3.63, 3.8) is 0 Å². The van der Waals surface area contributed by atoms with E-state index in [1.165, 1.54) is 19.2 Å². The molecule has 0 atom stereocenters. The number of amides is 2. The molecule has 148 valence electrons. The number of methoxy groups -OCH3 is 1. The fourth-order valence-electron chi connectivity index (χ4n) is 3.21. The van der Waals surface area contributed by atoms with Crippen LogP contribution in [0.15, 0.2) is 36.4 Å². The van der Waals surface area contributed by atoms with Gasteiger partial charge in [-0.25, -0.2) is 0 Å². The first kappa shape index (κ1) is 20.3. The van der Waals surface area contributed by atoms with Crippen LogP contribution in [-0.2, 0) is 4.79 Å². The van der Waals surface area contributed by atoms with Gasteiger partial charge in [-0.3, -0.25) is 9.59 Å². The zero-order valence-corrected chi connectivity index (χ0v) is 16.8. The summed E-state index contributed by atoms with van der Waals surface area (Å²) in [6, 6.07) is 9.38. The van der Waals surface area contributed by atoms with Gasteiger partial charge in [0.1, 0.15) is 11.5 Å². The first-order valence-corrected chi connectivity index (χ1v) is 9.57. The molecular formula is C20H20Cl2N2O4. The molecule has 0 unspecified atom stereocenters. The van der Waals surface area contributed by atoms with Crippen LogP contribution >= 0.6 is 23.2 Å². The number of carbonyl (C=O) groups excluding carboxylic acids is 2. The van der Waals surface area contributed by atoms with Crippen molar-refractivity contribution in [2.45, 2.75) is 12.8 Å². The minimum absolute atomic E-state index is 0.0431. The van der Waals surface area contributed by atoms with E-state index in [2.05, 4.69) is 5.32 Å². The summed E-state index contributed by atoms with van der Waals surface area (Å²) in [5.41, 5.74) is 0.682. The highest BCUT2D eigenvalue weighted by molar-refractivity contribution is 6.31. The Hall–Kier alpha value is -2.44. The lowest BCUT2D eigenvalue weighted by Crippen LogP contribution is -2.41. The summed E-state index contributed by atoms with van der Waals surface area (Å²) < 4.78 is 5.25. The number of hydrogen-bond acceptors (Lipinski definition) is 4. The average Bonchev–Trinajstić information content (AvgIpc) is 2.70. The molecule has 2 N–H and O–H groups in total. The Bertz CT molecular complexity index is 896. The number of anilines is 1.